The molecule has 0 bridgehead atoms. The van der Waals surface area contributed by atoms with Crippen LogP contribution in [0.25, 0.3) is 0 Å². The zero-order valence-electron chi connectivity index (χ0n) is 23.1. The topological polar surface area (TPSA) is 179 Å². The smallest absolute Gasteiger partial charge is 0.398 e. The van der Waals surface area contributed by atoms with Crippen molar-refractivity contribution >= 4 is 58.5 Å². The molecule has 8 N–H and O–H groups in total. The molecule has 0 heterocycles. The van der Waals surface area contributed by atoms with Gasteiger partial charge < -0.3 is 40.2 Å². The van der Waals surface area contributed by atoms with E-state index in [1.54, 1.807) is 0 Å². The first-order valence-corrected chi connectivity index (χ1v) is 14.7. The van der Waals surface area contributed by atoms with E-state index in [0.29, 0.717) is 6.16 Å². The first-order chi connectivity index (χ1) is 20.7. The Morgan fingerprint density at radius 2 is 0.659 bits per heavy atom. The van der Waals surface area contributed by atoms with Gasteiger partial charge in [-0.05, 0) is 0 Å². The van der Waals surface area contributed by atoms with E-state index in [2.05, 4.69) is 72.8 Å². The third-order valence-electron chi connectivity index (χ3n) is 5.32. The van der Waals surface area contributed by atoms with Crippen molar-refractivity contribution in [3.05, 3.63) is 127 Å². The quantitative estimate of drug-likeness (QED) is 0.0639. The van der Waals surface area contributed by atoms with Gasteiger partial charge in [0, 0.05) is 0 Å². The van der Waals surface area contributed by atoms with Crippen molar-refractivity contribution in [3.63, 3.8) is 0 Å². The largest absolute Gasteiger partial charge is 0.674 e. The number of hydrogen-bond donors (Lipinski definition) is 8. The molecule has 44 heavy (non-hydrogen) atoms. The number of halogens is 4. The van der Waals surface area contributed by atoms with E-state index in [9.17, 15) is 22.1 Å². The molecule has 0 saturated carbocycles. The Bertz CT molecular complexity index is 1140. The van der Waals surface area contributed by atoms with Crippen LogP contribution < -0.4 is 15.9 Å². The summed E-state index contributed by atoms with van der Waals surface area (Å²) in [6.07, 6.45) is 0.509. The van der Waals surface area contributed by atoms with Crippen LogP contribution in [0.4, 0.5) is 17.3 Å². The fourth-order valence-electron chi connectivity index (χ4n) is 3.94. The summed E-state index contributed by atoms with van der Waals surface area (Å²) in [6, 6.07) is 41.4. The molecule has 0 aromatic heterocycles. The van der Waals surface area contributed by atoms with Crippen LogP contribution in [-0.4, -0.2) is 81.7 Å². The SMILES string of the molecule is O=C(C[PH](c1ccccc1)(c1ccccc1)c1ccccc1)c1ccccc1.OB(O)F.OB(O)F.OB(O)F.OB(O)F. The second-order valence-electron chi connectivity index (χ2n) is 8.21. The van der Waals surface area contributed by atoms with Crippen LogP contribution in [0.1, 0.15) is 10.4 Å². The van der Waals surface area contributed by atoms with Crippen molar-refractivity contribution in [3.8, 4) is 0 Å². The van der Waals surface area contributed by atoms with Gasteiger partial charge in [0.2, 0.25) is 0 Å². The minimum atomic E-state index is -2.67. The van der Waals surface area contributed by atoms with Crippen LogP contribution in [0.2, 0.25) is 0 Å². The molecule has 0 amide bonds. The molecule has 234 valence electrons. The maximum Gasteiger partial charge on any atom is 0.674 e. The predicted molar refractivity (Wildman–Crippen MR) is 167 cm³/mol. The summed E-state index contributed by atoms with van der Waals surface area (Å²) < 4.78 is 40.4. The molecule has 0 atom stereocenters. The average molecular weight is 638 g/mol. The number of carbonyl (C=O) groups excluding carboxylic acids is 1. The summed E-state index contributed by atoms with van der Waals surface area (Å²) >= 11 is 0. The van der Waals surface area contributed by atoms with E-state index in [4.69, 9.17) is 40.2 Å². The van der Waals surface area contributed by atoms with Crippen LogP contribution in [-0.2, 0) is 0 Å². The van der Waals surface area contributed by atoms with Gasteiger partial charge >= 0.3 is 196 Å². The molecular weight excluding hydrogens is 606 g/mol. The van der Waals surface area contributed by atoms with Gasteiger partial charge in [0.1, 0.15) is 0 Å². The fourth-order valence-corrected chi connectivity index (χ4v) is 8.52. The molecule has 0 aliphatic rings. The minimum absolute atomic E-state index is 0.198. The number of ketones is 1. The Morgan fingerprint density at radius 1 is 0.455 bits per heavy atom. The molecule has 18 heteroatoms. The second kappa shape index (κ2) is 23.1. The third-order valence-corrected chi connectivity index (χ3v) is 10.1. The molecule has 0 fully saturated rings. The van der Waals surface area contributed by atoms with Crippen molar-refractivity contribution in [1.29, 1.82) is 0 Å². The summed E-state index contributed by atoms with van der Waals surface area (Å²) in [5.41, 5.74) is 0.780. The van der Waals surface area contributed by atoms with Crippen molar-refractivity contribution in [2.45, 2.75) is 0 Å². The molecule has 0 unspecified atom stereocenters. The molecule has 0 saturated heterocycles. The van der Waals surface area contributed by atoms with E-state index in [1.165, 1.54) is 15.9 Å². The van der Waals surface area contributed by atoms with Crippen LogP contribution in [0.15, 0.2) is 121 Å². The monoisotopic (exact) mass is 638 g/mol. The van der Waals surface area contributed by atoms with E-state index >= 15 is 0 Å². The van der Waals surface area contributed by atoms with Crippen molar-refractivity contribution < 1.29 is 62.2 Å². The summed E-state index contributed by atoms with van der Waals surface area (Å²) in [6.45, 7) is 0. The Hall–Kier alpha value is -3.36. The van der Waals surface area contributed by atoms with Gasteiger partial charge in [0.25, 0.3) is 0 Å². The minimum Gasteiger partial charge on any atom is -0.398 e. The van der Waals surface area contributed by atoms with E-state index < -0.39 is 36.8 Å². The molecule has 0 radical (unpaired) electrons. The Labute approximate surface area is 253 Å². The molecule has 0 aliphatic heterocycles. The summed E-state index contributed by atoms with van der Waals surface area (Å²) in [5, 5.41) is 59.3. The molecule has 9 nitrogen and oxygen atoms in total. The zero-order chi connectivity index (χ0) is 33.5. The van der Waals surface area contributed by atoms with Gasteiger partial charge in [-0.2, -0.15) is 0 Å². The molecule has 4 aromatic carbocycles. The van der Waals surface area contributed by atoms with E-state index in [-0.39, 0.29) is 5.78 Å². The fraction of sp³-hybridized carbons (Fsp3) is 0.0385. The van der Waals surface area contributed by atoms with Gasteiger partial charge in [-0.1, -0.05) is 0 Å². The number of Topliss-reactive ketones (excluding diaryl/α,β-unsaturated/α-hetero) is 1. The average Bonchev–Trinajstić information content (AvgIpc) is 2.96. The van der Waals surface area contributed by atoms with Gasteiger partial charge in [0.15, 0.2) is 0 Å². The number of carbonyl (C=O) groups is 1. The van der Waals surface area contributed by atoms with E-state index in [1.807, 2.05) is 48.5 Å². The maximum absolute atomic E-state index is 13.4. The molecule has 4 rings (SSSR count). The maximum atomic E-state index is 13.4. The van der Waals surface area contributed by atoms with Gasteiger partial charge in [0.05, 0.1) is 0 Å². The van der Waals surface area contributed by atoms with E-state index in [0.717, 1.165) is 5.56 Å². The Balaban J connectivity index is 0.000000962. The molecule has 0 aliphatic carbocycles. The number of hydrogen-bond acceptors (Lipinski definition) is 9. The number of benzene rings is 4. The number of rotatable bonds is 6. The van der Waals surface area contributed by atoms with Gasteiger partial charge in [-0.15, -0.1) is 0 Å². The van der Waals surface area contributed by atoms with Crippen molar-refractivity contribution in [2.24, 2.45) is 0 Å². The van der Waals surface area contributed by atoms with Crippen LogP contribution >= 0.6 is 7.26 Å². The van der Waals surface area contributed by atoms with Crippen molar-refractivity contribution in [1.82, 2.24) is 0 Å². The second-order valence-corrected chi connectivity index (χ2v) is 12.1. The van der Waals surface area contributed by atoms with Crippen molar-refractivity contribution in [2.75, 3.05) is 6.16 Å². The van der Waals surface area contributed by atoms with Crippen LogP contribution in [0.5, 0.6) is 0 Å². The molecular formula is C26H31B4F4O9P. The normalized spacial score (nSPS) is 9.91. The molecule has 4 aromatic rings. The van der Waals surface area contributed by atoms with Crippen LogP contribution in [0.3, 0.4) is 0 Å². The summed E-state index contributed by atoms with van der Waals surface area (Å²) in [5.74, 6) is 0.198. The van der Waals surface area contributed by atoms with Crippen LogP contribution in [0, 0.1) is 0 Å². The predicted octanol–water partition coefficient (Wildman–Crippen LogP) is 0.297. The third kappa shape index (κ3) is 17.7. The standard InChI is InChI=1S/C26H23OP.4BFH2O2/c27-26(22-13-5-1-6-14-22)21-28(23-15-7-2-8-16-23,24-17-9-3-10-18-24)25-19-11-4-12-20-25;4*2-1(3)4/h1-20,28H,21H2;4*3-4H. The first kappa shape index (κ1) is 40.6. The van der Waals surface area contributed by atoms with Gasteiger partial charge in [-0.25, -0.2) is 0 Å². The Kier molecular flexibility index (Phi) is 21.3. The summed E-state index contributed by atoms with van der Waals surface area (Å²) in [4.78, 5) is 13.4. The Morgan fingerprint density at radius 3 is 0.886 bits per heavy atom. The first-order valence-electron chi connectivity index (χ1n) is 12.5. The molecule has 0 spiro atoms. The zero-order valence-corrected chi connectivity index (χ0v) is 24.1. The van der Waals surface area contributed by atoms with Gasteiger partial charge in [-0.3, -0.25) is 17.3 Å². The summed E-state index contributed by atoms with van der Waals surface area (Å²) in [7, 11) is -13.2.